The Hall–Kier alpha value is -1.61. The van der Waals surface area contributed by atoms with Gasteiger partial charge in [0.15, 0.2) is 0 Å². The lowest BCUT2D eigenvalue weighted by Crippen LogP contribution is -2.45. The van der Waals surface area contributed by atoms with E-state index in [1.54, 1.807) is 0 Å². The molecule has 0 spiro atoms. The summed E-state index contributed by atoms with van der Waals surface area (Å²) in [6.07, 6.45) is 0. The van der Waals surface area contributed by atoms with E-state index in [2.05, 4.69) is 17.2 Å². The van der Waals surface area contributed by atoms with E-state index in [0.717, 1.165) is 11.1 Å². The number of carbonyl (C=O) groups excluding carboxylic acids is 1. The van der Waals surface area contributed by atoms with Crippen molar-refractivity contribution in [1.82, 2.24) is 10.6 Å². The molecule has 0 atom stereocenters. The topological polar surface area (TPSA) is 41.1 Å². The Morgan fingerprint density at radius 2 is 1.78 bits per heavy atom. The molecule has 0 saturated carbocycles. The summed E-state index contributed by atoms with van der Waals surface area (Å²) in [5.41, 5.74) is 1.90. The van der Waals surface area contributed by atoms with Gasteiger partial charge in [-0.3, -0.25) is 4.79 Å². The van der Waals surface area contributed by atoms with E-state index in [1.165, 1.54) is 0 Å². The minimum Gasteiger partial charge on any atom is -0.350 e. The van der Waals surface area contributed by atoms with Gasteiger partial charge in [-0.05, 0) is 31.9 Å². The summed E-state index contributed by atoms with van der Waals surface area (Å²) >= 11 is 0. The SMILES string of the molecule is C=C(CNCC(=O)NC(C)(C)C)c1ccccc1. The predicted octanol–water partition coefficient (Wildman–Crippen LogP) is 2.20. The summed E-state index contributed by atoms with van der Waals surface area (Å²) in [7, 11) is 0. The van der Waals surface area contributed by atoms with Gasteiger partial charge in [-0.25, -0.2) is 0 Å². The molecule has 1 amide bonds. The van der Waals surface area contributed by atoms with Crippen LogP contribution in [-0.2, 0) is 4.79 Å². The van der Waals surface area contributed by atoms with Gasteiger partial charge in [0.05, 0.1) is 6.54 Å². The van der Waals surface area contributed by atoms with Crippen LogP contribution in [0.2, 0.25) is 0 Å². The molecule has 3 heteroatoms. The molecule has 0 radical (unpaired) electrons. The largest absolute Gasteiger partial charge is 0.350 e. The van der Waals surface area contributed by atoms with E-state index in [9.17, 15) is 4.79 Å². The first-order valence-corrected chi connectivity index (χ1v) is 6.13. The predicted molar refractivity (Wildman–Crippen MR) is 76.2 cm³/mol. The molecule has 1 aromatic carbocycles. The fourth-order valence-corrected chi connectivity index (χ4v) is 1.57. The highest BCUT2D eigenvalue weighted by atomic mass is 16.2. The van der Waals surface area contributed by atoms with Crippen LogP contribution >= 0.6 is 0 Å². The second-order valence-corrected chi connectivity index (χ2v) is 5.37. The molecule has 0 heterocycles. The molecule has 0 fully saturated rings. The smallest absolute Gasteiger partial charge is 0.234 e. The lowest BCUT2D eigenvalue weighted by molar-refractivity contribution is -0.121. The molecular weight excluding hydrogens is 224 g/mol. The van der Waals surface area contributed by atoms with Crippen LogP contribution in [0.3, 0.4) is 0 Å². The first kappa shape index (κ1) is 14.5. The van der Waals surface area contributed by atoms with Crippen LogP contribution in [0.15, 0.2) is 36.9 Å². The maximum Gasteiger partial charge on any atom is 0.234 e. The lowest BCUT2D eigenvalue weighted by atomic mass is 10.1. The number of carbonyl (C=O) groups is 1. The molecule has 0 bridgehead atoms. The van der Waals surface area contributed by atoms with Crippen molar-refractivity contribution in [3.05, 3.63) is 42.5 Å². The van der Waals surface area contributed by atoms with Crippen LogP contribution in [-0.4, -0.2) is 24.5 Å². The van der Waals surface area contributed by atoms with Crippen LogP contribution < -0.4 is 10.6 Å². The van der Waals surface area contributed by atoms with Crippen molar-refractivity contribution in [3.63, 3.8) is 0 Å². The lowest BCUT2D eigenvalue weighted by Gasteiger charge is -2.20. The van der Waals surface area contributed by atoms with Gasteiger partial charge in [0.1, 0.15) is 0 Å². The van der Waals surface area contributed by atoms with Gasteiger partial charge in [-0.15, -0.1) is 0 Å². The minimum atomic E-state index is -0.185. The van der Waals surface area contributed by atoms with Crippen molar-refractivity contribution in [2.24, 2.45) is 0 Å². The maximum atomic E-state index is 11.6. The normalized spacial score (nSPS) is 11.1. The molecule has 0 saturated heterocycles. The van der Waals surface area contributed by atoms with Crippen LogP contribution in [0.5, 0.6) is 0 Å². The number of benzene rings is 1. The summed E-state index contributed by atoms with van der Waals surface area (Å²) in [6, 6.07) is 9.96. The zero-order chi connectivity index (χ0) is 13.6. The van der Waals surface area contributed by atoms with Crippen LogP contribution in [0.25, 0.3) is 5.57 Å². The summed E-state index contributed by atoms with van der Waals surface area (Å²) in [5.74, 6) is 0.00311. The van der Waals surface area contributed by atoms with Gasteiger partial charge >= 0.3 is 0 Å². The van der Waals surface area contributed by atoms with E-state index >= 15 is 0 Å². The third kappa shape index (κ3) is 5.64. The average Bonchev–Trinajstić information content (AvgIpc) is 2.27. The molecule has 2 N–H and O–H groups in total. The second-order valence-electron chi connectivity index (χ2n) is 5.37. The van der Waals surface area contributed by atoms with Gasteiger partial charge in [0.2, 0.25) is 5.91 Å². The third-order valence-corrected chi connectivity index (χ3v) is 2.32. The van der Waals surface area contributed by atoms with Crippen molar-refractivity contribution < 1.29 is 4.79 Å². The van der Waals surface area contributed by atoms with Gasteiger partial charge < -0.3 is 10.6 Å². The highest BCUT2D eigenvalue weighted by Gasteiger charge is 2.12. The maximum absolute atomic E-state index is 11.6. The zero-order valence-corrected chi connectivity index (χ0v) is 11.4. The van der Waals surface area contributed by atoms with E-state index in [1.807, 2.05) is 51.1 Å². The third-order valence-electron chi connectivity index (χ3n) is 2.32. The number of amides is 1. The summed E-state index contributed by atoms with van der Waals surface area (Å²) < 4.78 is 0. The monoisotopic (exact) mass is 246 g/mol. The summed E-state index contributed by atoms with van der Waals surface area (Å²) in [5, 5.41) is 6.00. The Kier molecular flexibility index (Phi) is 5.10. The van der Waals surface area contributed by atoms with Gasteiger partial charge in [0, 0.05) is 12.1 Å². The number of hydrogen-bond acceptors (Lipinski definition) is 2. The van der Waals surface area contributed by atoms with E-state index in [4.69, 9.17) is 0 Å². The van der Waals surface area contributed by atoms with Gasteiger partial charge in [-0.1, -0.05) is 36.9 Å². The number of hydrogen-bond donors (Lipinski definition) is 2. The van der Waals surface area contributed by atoms with E-state index < -0.39 is 0 Å². The molecule has 1 rings (SSSR count). The molecule has 98 valence electrons. The Labute approximate surface area is 109 Å². The molecule has 3 nitrogen and oxygen atoms in total. The molecule has 0 aromatic heterocycles. The van der Waals surface area contributed by atoms with E-state index in [-0.39, 0.29) is 11.4 Å². The summed E-state index contributed by atoms with van der Waals surface area (Å²) in [4.78, 5) is 11.6. The second kappa shape index (κ2) is 6.36. The first-order valence-electron chi connectivity index (χ1n) is 6.13. The Morgan fingerprint density at radius 3 is 2.33 bits per heavy atom. The number of nitrogens with one attached hydrogen (secondary N) is 2. The minimum absolute atomic E-state index is 0.00311. The standard InChI is InChI=1S/C15H22N2O/c1-12(13-8-6-5-7-9-13)10-16-11-14(18)17-15(2,3)4/h5-9,16H,1,10-11H2,2-4H3,(H,17,18). The fraction of sp³-hybridized carbons (Fsp3) is 0.400. The molecule has 1 aromatic rings. The van der Waals surface area contributed by atoms with Crippen LogP contribution in [0.1, 0.15) is 26.3 Å². The van der Waals surface area contributed by atoms with Crippen molar-refractivity contribution in [2.75, 3.05) is 13.1 Å². The molecule has 0 aliphatic carbocycles. The first-order chi connectivity index (χ1) is 8.38. The van der Waals surface area contributed by atoms with Gasteiger partial charge in [0.25, 0.3) is 0 Å². The van der Waals surface area contributed by atoms with Crippen molar-refractivity contribution in [2.45, 2.75) is 26.3 Å². The van der Waals surface area contributed by atoms with Crippen LogP contribution in [0.4, 0.5) is 0 Å². The van der Waals surface area contributed by atoms with Crippen molar-refractivity contribution in [3.8, 4) is 0 Å². The van der Waals surface area contributed by atoms with Crippen molar-refractivity contribution >= 4 is 11.5 Å². The summed E-state index contributed by atoms with van der Waals surface area (Å²) in [6.45, 7) is 10.8. The highest BCUT2D eigenvalue weighted by Crippen LogP contribution is 2.09. The average molecular weight is 246 g/mol. The van der Waals surface area contributed by atoms with E-state index in [0.29, 0.717) is 13.1 Å². The Morgan fingerprint density at radius 1 is 1.17 bits per heavy atom. The Balaban J connectivity index is 2.30. The molecular formula is C15H22N2O. The van der Waals surface area contributed by atoms with Crippen LogP contribution in [0, 0.1) is 0 Å². The number of rotatable bonds is 5. The molecule has 0 unspecified atom stereocenters. The molecule has 0 aliphatic heterocycles. The molecule has 18 heavy (non-hydrogen) atoms. The Bertz CT molecular complexity index is 404. The van der Waals surface area contributed by atoms with Crippen molar-refractivity contribution in [1.29, 1.82) is 0 Å². The molecule has 0 aliphatic rings. The zero-order valence-electron chi connectivity index (χ0n) is 11.4. The van der Waals surface area contributed by atoms with Gasteiger partial charge in [-0.2, -0.15) is 0 Å². The quantitative estimate of drug-likeness (QED) is 0.836. The fourth-order valence-electron chi connectivity index (χ4n) is 1.57. The highest BCUT2D eigenvalue weighted by molar-refractivity contribution is 5.79.